The van der Waals surface area contributed by atoms with Gasteiger partial charge >= 0.3 is 35.5 Å². The molecular weight excluding hydrogens is 229 g/mol. The zero-order chi connectivity index (χ0) is 12.2. The van der Waals surface area contributed by atoms with E-state index in [1.54, 1.807) is 0 Å². The molecular formula is C12H22NNaO3. The van der Waals surface area contributed by atoms with E-state index in [2.05, 4.69) is 11.9 Å². The van der Waals surface area contributed by atoms with Crippen LogP contribution in [0.1, 0.15) is 58.3 Å². The van der Waals surface area contributed by atoms with Gasteiger partial charge in [-0.3, -0.25) is 4.79 Å². The maximum Gasteiger partial charge on any atom is 1.00 e. The first kappa shape index (κ1) is 19.3. The SMILES string of the molecule is CCCCCCCC([O-])=NCCCC(=O)O.[Na+]. The third kappa shape index (κ3) is 15.9. The molecule has 0 aromatic rings. The van der Waals surface area contributed by atoms with Gasteiger partial charge in [-0.15, -0.1) is 0 Å². The normalized spacial score (nSPS) is 11.0. The number of carboxylic acid groups (broad SMARTS) is 1. The molecule has 4 nitrogen and oxygen atoms in total. The van der Waals surface area contributed by atoms with Crippen molar-refractivity contribution in [1.82, 2.24) is 0 Å². The monoisotopic (exact) mass is 251 g/mol. The zero-order valence-corrected chi connectivity index (χ0v) is 13.1. The minimum absolute atomic E-state index is 0. The molecule has 94 valence electrons. The van der Waals surface area contributed by atoms with Crippen molar-refractivity contribution in [2.45, 2.75) is 58.3 Å². The second-order valence-corrected chi connectivity index (χ2v) is 3.94. The molecule has 0 aliphatic carbocycles. The van der Waals surface area contributed by atoms with E-state index >= 15 is 0 Å². The summed E-state index contributed by atoms with van der Waals surface area (Å²) in [7, 11) is 0. The van der Waals surface area contributed by atoms with Crippen LogP contribution in [0.4, 0.5) is 0 Å². The first-order valence-corrected chi connectivity index (χ1v) is 6.09. The number of carboxylic acids is 1. The Morgan fingerprint density at radius 3 is 2.35 bits per heavy atom. The summed E-state index contributed by atoms with van der Waals surface area (Å²) in [5.41, 5.74) is 0. The molecule has 5 heteroatoms. The van der Waals surface area contributed by atoms with E-state index in [1.165, 1.54) is 19.3 Å². The van der Waals surface area contributed by atoms with Crippen molar-refractivity contribution in [2.24, 2.45) is 4.99 Å². The summed E-state index contributed by atoms with van der Waals surface area (Å²) >= 11 is 0. The summed E-state index contributed by atoms with van der Waals surface area (Å²) in [4.78, 5) is 14.0. The van der Waals surface area contributed by atoms with E-state index in [-0.39, 0.29) is 41.9 Å². The number of nitrogens with zero attached hydrogens (tertiary/aromatic N) is 1. The molecule has 0 radical (unpaired) electrons. The number of aliphatic imine (C=N–C) groups is 1. The van der Waals surface area contributed by atoms with Gasteiger partial charge in [-0.05, 0) is 25.2 Å². The third-order valence-electron chi connectivity index (χ3n) is 2.33. The van der Waals surface area contributed by atoms with Crippen molar-refractivity contribution in [1.29, 1.82) is 0 Å². The molecule has 0 bridgehead atoms. The molecule has 0 unspecified atom stereocenters. The molecule has 0 fully saturated rings. The molecule has 0 saturated heterocycles. The maximum absolute atomic E-state index is 11.2. The van der Waals surface area contributed by atoms with Crippen molar-refractivity contribution in [2.75, 3.05) is 6.54 Å². The number of carbonyl (C=O) groups is 1. The van der Waals surface area contributed by atoms with Crippen LogP contribution in [0, 0.1) is 0 Å². The van der Waals surface area contributed by atoms with Gasteiger partial charge in [-0.2, -0.15) is 0 Å². The molecule has 0 amide bonds. The number of hydrogen-bond donors (Lipinski definition) is 1. The van der Waals surface area contributed by atoms with Gasteiger partial charge in [0.15, 0.2) is 0 Å². The van der Waals surface area contributed by atoms with Crippen LogP contribution in [0.15, 0.2) is 4.99 Å². The van der Waals surface area contributed by atoms with Crippen LogP contribution in [0.3, 0.4) is 0 Å². The Labute approximate surface area is 126 Å². The van der Waals surface area contributed by atoms with E-state index in [4.69, 9.17) is 5.11 Å². The molecule has 0 aromatic heterocycles. The number of unbranched alkanes of at least 4 members (excludes halogenated alkanes) is 4. The largest absolute Gasteiger partial charge is 1.00 e. The van der Waals surface area contributed by atoms with Crippen molar-refractivity contribution in [3.8, 4) is 0 Å². The molecule has 0 rings (SSSR count). The topological polar surface area (TPSA) is 72.7 Å². The predicted molar refractivity (Wildman–Crippen MR) is 62.5 cm³/mol. The Balaban J connectivity index is 0. The minimum atomic E-state index is -0.831. The van der Waals surface area contributed by atoms with E-state index in [1.807, 2.05) is 0 Å². The minimum Gasteiger partial charge on any atom is -0.862 e. The fourth-order valence-electron chi connectivity index (χ4n) is 1.39. The van der Waals surface area contributed by atoms with Crippen molar-refractivity contribution in [3.05, 3.63) is 0 Å². The van der Waals surface area contributed by atoms with Gasteiger partial charge in [-0.25, -0.2) is 0 Å². The van der Waals surface area contributed by atoms with Gasteiger partial charge in [0.1, 0.15) is 0 Å². The van der Waals surface area contributed by atoms with Gasteiger partial charge in [0.05, 0.1) is 0 Å². The van der Waals surface area contributed by atoms with Gasteiger partial charge in [0.25, 0.3) is 0 Å². The van der Waals surface area contributed by atoms with E-state index in [0.29, 0.717) is 19.4 Å². The van der Waals surface area contributed by atoms with Gasteiger partial charge in [-0.1, -0.05) is 32.6 Å². The van der Waals surface area contributed by atoms with E-state index in [0.717, 1.165) is 12.8 Å². The van der Waals surface area contributed by atoms with Crippen molar-refractivity contribution >= 4 is 11.9 Å². The van der Waals surface area contributed by atoms with Crippen LogP contribution >= 0.6 is 0 Å². The average Bonchev–Trinajstić information content (AvgIpc) is 2.24. The van der Waals surface area contributed by atoms with Crippen LogP contribution in [-0.2, 0) is 4.79 Å². The van der Waals surface area contributed by atoms with Crippen LogP contribution in [0.5, 0.6) is 0 Å². The molecule has 0 aliphatic heterocycles. The van der Waals surface area contributed by atoms with E-state index < -0.39 is 5.97 Å². The third-order valence-corrected chi connectivity index (χ3v) is 2.33. The summed E-state index contributed by atoms with van der Waals surface area (Å²) in [5, 5.41) is 19.6. The zero-order valence-electron chi connectivity index (χ0n) is 11.1. The molecule has 1 N–H and O–H groups in total. The summed E-state index contributed by atoms with van der Waals surface area (Å²) in [5.74, 6) is -0.913. The Morgan fingerprint density at radius 2 is 1.76 bits per heavy atom. The quantitative estimate of drug-likeness (QED) is 0.234. The smallest absolute Gasteiger partial charge is 0.862 e. The molecule has 17 heavy (non-hydrogen) atoms. The fraction of sp³-hybridized carbons (Fsp3) is 0.833. The summed E-state index contributed by atoms with van der Waals surface area (Å²) < 4.78 is 0. The molecule has 0 aromatic carbocycles. The van der Waals surface area contributed by atoms with Crippen LogP contribution in [-0.4, -0.2) is 23.5 Å². The average molecular weight is 251 g/mol. The van der Waals surface area contributed by atoms with Gasteiger partial charge < -0.3 is 15.2 Å². The second-order valence-electron chi connectivity index (χ2n) is 3.94. The van der Waals surface area contributed by atoms with Crippen LogP contribution in [0.25, 0.3) is 0 Å². The fourth-order valence-corrected chi connectivity index (χ4v) is 1.39. The predicted octanol–water partition coefficient (Wildman–Crippen LogP) is -1.03. The second kappa shape index (κ2) is 14.0. The van der Waals surface area contributed by atoms with Crippen molar-refractivity contribution in [3.63, 3.8) is 0 Å². The Bertz CT molecular complexity index is 220. The maximum atomic E-state index is 11.2. The van der Waals surface area contributed by atoms with E-state index in [9.17, 15) is 9.90 Å². The molecule has 0 spiro atoms. The Hall–Kier alpha value is -0.0600. The van der Waals surface area contributed by atoms with Crippen LogP contribution < -0.4 is 34.7 Å². The standard InChI is InChI=1S/C12H23NO3.Na/c1-2-3-4-5-6-8-11(14)13-10-7-9-12(15)16;/h2-10H2,1H3,(H,13,14)(H,15,16);/q;+1/p-1. The number of aliphatic carboxylic acids is 1. The first-order valence-electron chi connectivity index (χ1n) is 6.09. The Morgan fingerprint density at radius 1 is 1.12 bits per heavy atom. The number of hydrogen-bond acceptors (Lipinski definition) is 3. The summed E-state index contributed by atoms with van der Waals surface area (Å²) in [6.07, 6.45) is 6.66. The Kier molecular flexibility index (Phi) is 15.9. The molecule has 0 aliphatic rings. The van der Waals surface area contributed by atoms with Crippen LogP contribution in [0.2, 0.25) is 0 Å². The molecule has 0 heterocycles. The van der Waals surface area contributed by atoms with Crippen molar-refractivity contribution < 1.29 is 44.6 Å². The van der Waals surface area contributed by atoms with Gasteiger partial charge in [0.2, 0.25) is 0 Å². The molecule has 0 saturated carbocycles. The first-order chi connectivity index (χ1) is 7.66. The summed E-state index contributed by atoms with van der Waals surface area (Å²) in [6.45, 7) is 2.50. The molecule has 0 atom stereocenters. The number of rotatable bonds is 10. The summed E-state index contributed by atoms with van der Waals surface area (Å²) in [6, 6.07) is 0. The van der Waals surface area contributed by atoms with Gasteiger partial charge in [0, 0.05) is 13.0 Å².